The Hall–Kier alpha value is -2.41. The Kier molecular flexibility index (Phi) is 5.10. The highest BCUT2D eigenvalue weighted by molar-refractivity contribution is 5.82. The van der Waals surface area contributed by atoms with E-state index < -0.39 is 5.97 Å². The van der Waals surface area contributed by atoms with E-state index in [4.69, 9.17) is 9.47 Å². The van der Waals surface area contributed by atoms with Crippen molar-refractivity contribution in [1.82, 2.24) is 14.9 Å². The molecule has 0 aliphatic carbocycles. The predicted molar refractivity (Wildman–Crippen MR) is 87.4 cm³/mol. The number of nitrogens with one attached hydrogen (secondary N) is 1. The topological polar surface area (TPSA) is 82.5 Å². The first-order chi connectivity index (χ1) is 11.6. The van der Waals surface area contributed by atoms with Gasteiger partial charge in [0.1, 0.15) is 12.4 Å². The first kappa shape index (κ1) is 16.4. The molecule has 128 valence electrons. The monoisotopic (exact) mass is 331 g/mol. The quantitative estimate of drug-likeness (QED) is 0.804. The lowest BCUT2D eigenvalue weighted by Gasteiger charge is -2.11. The molecule has 1 atom stereocenters. The van der Waals surface area contributed by atoms with Gasteiger partial charge in [0.05, 0.1) is 17.1 Å². The number of esters is 1. The Balaban J connectivity index is 1.48. The molecule has 1 aliphatic heterocycles. The molecule has 0 radical (unpaired) electrons. The highest BCUT2D eigenvalue weighted by Gasteiger charge is 2.17. The van der Waals surface area contributed by atoms with E-state index in [-0.39, 0.29) is 25.2 Å². The van der Waals surface area contributed by atoms with Gasteiger partial charge in [-0.1, -0.05) is 12.1 Å². The zero-order valence-electron chi connectivity index (χ0n) is 13.7. The second-order valence-electron chi connectivity index (χ2n) is 5.83. The van der Waals surface area contributed by atoms with Crippen LogP contribution in [0.1, 0.15) is 18.7 Å². The van der Waals surface area contributed by atoms with E-state index in [9.17, 15) is 9.59 Å². The maximum Gasteiger partial charge on any atom is 0.326 e. The summed E-state index contributed by atoms with van der Waals surface area (Å²) in [5.74, 6) is -0.0458. The zero-order valence-corrected chi connectivity index (χ0v) is 13.7. The number of imidazole rings is 1. The molecule has 7 nitrogen and oxygen atoms in total. The molecule has 2 aromatic rings. The van der Waals surface area contributed by atoms with E-state index in [2.05, 4.69) is 10.3 Å². The Morgan fingerprint density at radius 2 is 2.25 bits per heavy atom. The van der Waals surface area contributed by atoms with E-state index in [1.165, 1.54) is 0 Å². The van der Waals surface area contributed by atoms with Crippen LogP contribution in [-0.2, 0) is 25.6 Å². The maximum atomic E-state index is 12.0. The van der Waals surface area contributed by atoms with Crippen molar-refractivity contribution < 1.29 is 19.1 Å². The van der Waals surface area contributed by atoms with Crippen molar-refractivity contribution in [2.45, 2.75) is 32.4 Å². The van der Waals surface area contributed by atoms with Crippen LogP contribution < -0.4 is 5.32 Å². The fraction of sp³-hybridized carbons (Fsp3) is 0.471. The minimum atomic E-state index is -0.464. The second kappa shape index (κ2) is 7.44. The number of benzene rings is 1. The number of ether oxygens (including phenoxy) is 2. The van der Waals surface area contributed by atoms with Gasteiger partial charge in [-0.05, 0) is 31.9 Å². The maximum absolute atomic E-state index is 12.0. The number of aromatic nitrogens is 2. The van der Waals surface area contributed by atoms with Crippen LogP contribution in [0.25, 0.3) is 11.0 Å². The van der Waals surface area contributed by atoms with Crippen molar-refractivity contribution in [3.63, 3.8) is 0 Å². The number of carbonyl (C=O) groups is 2. The summed E-state index contributed by atoms with van der Waals surface area (Å²) in [5, 5.41) is 2.72. The average Bonchev–Trinajstić information content (AvgIpc) is 3.20. The largest absolute Gasteiger partial charge is 0.454 e. The number of rotatable bonds is 6. The summed E-state index contributed by atoms with van der Waals surface area (Å²) in [7, 11) is 0. The Bertz CT molecular complexity index is 735. The number of fused-ring (bicyclic) bond motifs is 1. The number of nitrogens with zero attached hydrogens (tertiary/aromatic N) is 2. The van der Waals surface area contributed by atoms with Crippen molar-refractivity contribution in [2.75, 3.05) is 19.8 Å². The van der Waals surface area contributed by atoms with Crippen LogP contribution in [-0.4, -0.2) is 47.3 Å². The molecule has 1 amide bonds. The zero-order chi connectivity index (χ0) is 16.9. The van der Waals surface area contributed by atoms with Crippen LogP contribution in [0.4, 0.5) is 0 Å². The predicted octanol–water partition coefficient (Wildman–Crippen LogP) is 1.18. The molecule has 1 aromatic heterocycles. The van der Waals surface area contributed by atoms with Crippen LogP contribution >= 0.6 is 0 Å². The number of para-hydroxylation sites is 2. The smallest absolute Gasteiger partial charge is 0.326 e. The van der Waals surface area contributed by atoms with Gasteiger partial charge in [0, 0.05) is 13.2 Å². The third kappa shape index (κ3) is 3.91. The molecule has 7 heteroatoms. The molecule has 3 rings (SSSR count). The molecular weight excluding hydrogens is 310 g/mol. The van der Waals surface area contributed by atoms with Gasteiger partial charge in [0.2, 0.25) is 0 Å². The van der Waals surface area contributed by atoms with Crippen molar-refractivity contribution in [3.05, 3.63) is 30.1 Å². The fourth-order valence-corrected chi connectivity index (χ4v) is 2.80. The molecule has 1 saturated heterocycles. The van der Waals surface area contributed by atoms with Gasteiger partial charge in [-0.2, -0.15) is 0 Å². The summed E-state index contributed by atoms with van der Waals surface area (Å²) in [4.78, 5) is 28.1. The molecule has 1 aliphatic rings. The Morgan fingerprint density at radius 3 is 3.04 bits per heavy atom. The second-order valence-corrected chi connectivity index (χ2v) is 5.83. The molecule has 0 bridgehead atoms. The summed E-state index contributed by atoms with van der Waals surface area (Å²) in [6, 6.07) is 7.58. The van der Waals surface area contributed by atoms with Gasteiger partial charge in [-0.3, -0.25) is 9.59 Å². The minimum absolute atomic E-state index is 0.0331. The number of amides is 1. The first-order valence-electron chi connectivity index (χ1n) is 8.09. The SMILES string of the molecule is Cc1nc2ccccc2n1CC(=O)OCC(=O)NCC1CCCO1. The van der Waals surface area contributed by atoms with Crippen molar-refractivity contribution in [2.24, 2.45) is 0 Å². The highest BCUT2D eigenvalue weighted by Crippen LogP contribution is 2.15. The molecule has 0 spiro atoms. The van der Waals surface area contributed by atoms with E-state index >= 15 is 0 Å². The summed E-state index contributed by atoms with van der Waals surface area (Å²) >= 11 is 0. The Morgan fingerprint density at radius 1 is 1.42 bits per heavy atom. The lowest BCUT2D eigenvalue weighted by Crippen LogP contribution is -2.35. The summed E-state index contributed by atoms with van der Waals surface area (Å²) in [6.45, 7) is 2.79. The molecule has 1 fully saturated rings. The van der Waals surface area contributed by atoms with Gasteiger partial charge in [-0.25, -0.2) is 4.98 Å². The molecule has 0 saturated carbocycles. The number of carbonyl (C=O) groups excluding carboxylic acids is 2. The van der Waals surface area contributed by atoms with Gasteiger partial charge in [0.25, 0.3) is 5.91 Å². The number of hydrogen-bond acceptors (Lipinski definition) is 5. The van der Waals surface area contributed by atoms with Crippen LogP contribution in [0.5, 0.6) is 0 Å². The van der Waals surface area contributed by atoms with Gasteiger partial charge >= 0.3 is 5.97 Å². The van der Waals surface area contributed by atoms with E-state index in [1.54, 1.807) is 4.57 Å². The highest BCUT2D eigenvalue weighted by atomic mass is 16.5. The van der Waals surface area contributed by atoms with Crippen LogP contribution in [0.3, 0.4) is 0 Å². The van der Waals surface area contributed by atoms with E-state index in [1.807, 2.05) is 31.2 Å². The first-order valence-corrected chi connectivity index (χ1v) is 8.09. The van der Waals surface area contributed by atoms with Crippen LogP contribution in [0, 0.1) is 6.92 Å². The fourth-order valence-electron chi connectivity index (χ4n) is 2.80. The standard InChI is InChI=1S/C17H21N3O4/c1-12-19-14-6-2-3-7-15(14)20(12)10-17(22)24-11-16(21)18-9-13-5-4-8-23-13/h2-3,6-7,13H,4-5,8-11H2,1H3,(H,18,21). The molecule has 1 unspecified atom stereocenters. The summed E-state index contributed by atoms with van der Waals surface area (Å²) < 4.78 is 12.3. The number of aryl methyl sites for hydroxylation is 1. The summed E-state index contributed by atoms with van der Waals surface area (Å²) in [5.41, 5.74) is 1.70. The lowest BCUT2D eigenvalue weighted by molar-refractivity contribution is -0.149. The average molecular weight is 331 g/mol. The van der Waals surface area contributed by atoms with Gasteiger partial charge in [0.15, 0.2) is 6.61 Å². The van der Waals surface area contributed by atoms with Crippen molar-refractivity contribution in [1.29, 1.82) is 0 Å². The van der Waals surface area contributed by atoms with E-state index in [0.29, 0.717) is 6.54 Å². The molecule has 2 heterocycles. The molecule has 1 N–H and O–H groups in total. The van der Waals surface area contributed by atoms with Gasteiger partial charge in [-0.15, -0.1) is 0 Å². The van der Waals surface area contributed by atoms with Crippen LogP contribution in [0.2, 0.25) is 0 Å². The van der Waals surface area contributed by atoms with Crippen molar-refractivity contribution in [3.8, 4) is 0 Å². The third-order valence-electron chi connectivity index (χ3n) is 4.05. The molecule has 1 aromatic carbocycles. The Labute approximate surface area is 139 Å². The molecule has 24 heavy (non-hydrogen) atoms. The normalized spacial score (nSPS) is 17.1. The van der Waals surface area contributed by atoms with E-state index in [0.717, 1.165) is 36.3 Å². The lowest BCUT2D eigenvalue weighted by atomic mass is 10.2. The molecular formula is C17H21N3O4. The van der Waals surface area contributed by atoms with Crippen molar-refractivity contribution >= 4 is 22.9 Å². The van der Waals surface area contributed by atoms with Gasteiger partial charge < -0.3 is 19.4 Å². The number of hydrogen-bond donors (Lipinski definition) is 1. The summed E-state index contributed by atoms with van der Waals surface area (Å²) in [6.07, 6.45) is 2.05. The third-order valence-corrected chi connectivity index (χ3v) is 4.05. The minimum Gasteiger partial charge on any atom is -0.454 e. The van der Waals surface area contributed by atoms with Crippen LogP contribution in [0.15, 0.2) is 24.3 Å².